The van der Waals surface area contributed by atoms with E-state index in [2.05, 4.69) is 20.2 Å². The molecule has 0 aliphatic rings. The predicted molar refractivity (Wildman–Crippen MR) is 96.5 cm³/mol. The molecule has 0 saturated heterocycles. The van der Waals surface area contributed by atoms with E-state index in [1.54, 1.807) is 12.4 Å². The standard InChI is InChI=1S/C20H15N5/c1-14-10-12-22-17(13-14)20-23-18(15-7-3-2-4-8-15)19(24-25-20)16-9-5-6-11-21-16/h2-13H,1H3. The molecule has 0 saturated carbocycles. The van der Waals surface area contributed by atoms with E-state index in [4.69, 9.17) is 4.98 Å². The highest BCUT2D eigenvalue weighted by Crippen LogP contribution is 2.28. The van der Waals surface area contributed by atoms with Crippen molar-refractivity contribution in [3.05, 3.63) is 78.6 Å². The van der Waals surface area contributed by atoms with Crippen molar-refractivity contribution in [1.82, 2.24) is 25.1 Å². The van der Waals surface area contributed by atoms with Crippen LogP contribution >= 0.6 is 0 Å². The molecule has 0 atom stereocenters. The van der Waals surface area contributed by atoms with Crippen LogP contribution in [0, 0.1) is 6.92 Å². The Balaban J connectivity index is 1.92. The molecule has 4 aromatic rings. The van der Waals surface area contributed by atoms with Crippen molar-refractivity contribution in [2.45, 2.75) is 6.92 Å². The minimum atomic E-state index is 0.502. The summed E-state index contributed by atoms with van der Waals surface area (Å²) >= 11 is 0. The molecule has 0 amide bonds. The average molecular weight is 325 g/mol. The lowest BCUT2D eigenvalue weighted by atomic mass is 10.1. The van der Waals surface area contributed by atoms with E-state index >= 15 is 0 Å². The summed E-state index contributed by atoms with van der Waals surface area (Å²) in [6, 6.07) is 19.5. The zero-order valence-electron chi connectivity index (χ0n) is 13.7. The zero-order chi connectivity index (χ0) is 17.1. The molecule has 0 N–H and O–H groups in total. The summed E-state index contributed by atoms with van der Waals surface area (Å²) in [7, 11) is 0. The summed E-state index contributed by atoms with van der Waals surface area (Å²) in [6.07, 6.45) is 3.49. The third-order valence-electron chi connectivity index (χ3n) is 3.79. The minimum absolute atomic E-state index is 0.502. The van der Waals surface area contributed by atoms with E-state index in [9.17, 15) is 0 Å². The highest BCUT2D eigenvalue weighted by Gasteiger charge is 2.15. The Kier molecular flexibility index (Phi) is 3.96. The van der Waals surface area contributed by atoms with Gasteiger partial charge >= 0.3 is 0 Å². The monoisotopic (exact) mass is 325 g/mol. The maximum Gasteiger partial charge on any atom is 0.201 e. The van der Waals surface area contributed by atoms with Crippen molar-refractivity contribution < 1.29 is 0 Å². The van der Waals surface area contributed by atoms with Crippen LogP contribution in [-0.4, -0.2) is 25.1 Å². The number of hydrogen-bond acceptors (Lipinski definition) is 5. The van der Waals surface area contributed by atoms with Crippen molar-refractivity contribution in [2.75, 3.05) is 0 Å². The number of aryl methyl sites for hydroxylation is 1. The molecular weight excluding hydrogens is 310 g/mol. The largest absolute Gasteiger partial charge is 0.254 e. The summed E-state index contributed by atoms with van der Waals surface area (Å²) < 4.78 is 0. The molecule has 4 rings (SSSR count). The van der Waals surface area contributed by atoms with Gasteiger partial charge in [0.05, 0.1) is 5.69 Å². The van der Waals surface area contributed by atoms with Crippen LogP contribution in [0.4, 0.5) is 0 Å². The summed E-state index contributed by atoms with van der Waals surface area (Å²) in [5.41, 5.74) is 4.91. The van der Waals surface area contributed by atoms with Gasteiger partial charge in [0.1, 0.15) is 17.1 Å². The summed E-state index contributed by atoms with van der Waals surface area (Å²) in [4.78, 5) is 13.5. The maximum atomic E-state index is 4.75. The van der Waals surface area contributed by atoms with Gasteiger partial charge in [-0.25, -0.2) is 4.98 Å². The Bertz CT molecular complexity index is 1000. The molecule has 0 fully saturated rings. The SMILES string of the molecule is Cc1ccnc(-c2nnc(-c3ccccn3)c(-c3ccccc3)n2)c1. The third kappa shape index (κ3) is 3.12. The lowest BCUT2D eigenvalue weighted by molar-refractivity contribution is 0.974. The van der Waals surface area contributed by atoms with Crippen LogP contribution in [-0.2, 0) is 0 Å². The van der Waals surface area contributed by atoms with Gasteiger partial charge in [0.15, 0.2) is 0 Å². The van der Waals surface area contributed by atoms with E-state index in [1.165, 1.54) is 0 Å². The molecule has 0 aliphatic heterocycles. The van der Waals surface area contributed by atoms with E-state index in [0.29, 0.717) is 17.2 Å². The predicted octanol–water partition coefficient (Wildman–Crippen LogP) is 3.97. The number of nitrogens with zero attached hydrogens (tertiary/aromatic N) is 5. The number of aromatic nitrogens is 5. The molecule has 1 aromatic carbocycles. The van der Waals surface area contributed by atoms with Gasteiger partial charge in [0.25, 0.3) is 0 Å². The molecule has 25 heavy (non-hydrogen) atoms. The molecule has 5 heteroatoms. The molecule has 0 bridgehead atoms. The molecule has 0 radical (unpaired) electrons. The van der Waals surface area contributed by atoms with Crippen molar-refractivity contribution in [1.29, 1.82) is 0 Å². The first kappa shape index (κ1) is 15.1. The molecule has 3 heterocycles. The van der Waals surface area contributed by atoms with Gasteiger partial charge in [-0.3, -0.25) is 9.97 Å². The fourth-order valence-corrected chi connectivity index (χ4v) is 2.57. The van der Waals surface area contributed by atoms with E-state index in [-0.39, 0.29) is 0 Å². The van der Waals surface area contributed by atoms with Crippen molar-refractivity contribution in [3.8, 4) is 34.2 Å². The van der Waals surface area contributed by atoms with Gasteiger partial charge in [-0.05, 0) is 36.8 Å². The minimum Gasteiger partial charge on any atom is -0.254 e. The fourth-order valence-electron chi connectivity index (χ4n) is 2.57. The zero-order valence-corrected chi connectivity index (χ0v) is 13.7. The Labute approximate surface area is 145 Å². The van der Waals surface area contributed by atoms with Crippen molar-refractivity contribution in [3.63, 3.8) is 0 Å². The second-order valence-corrected chi connectivity index (χ2v) is 5.63. The van der Waals surface area contributed by atoms with E-state index < -0.39 is 0 Å². The average Bonchev–Trinajstić information content (AvgIpc) is 2.69. The Hall–Kier alpha value is -3.47. The van der Waals surface area contributed by atoms with Gasteiger partial charge in [0, 0.05) is 18.0 Å². The highest BCUT2D eigenvalue weighted by atomic mass is 15.2. The lowest BCUT2D eigenvalue weighted by Gasteiger charge is -2.09. The van der Waals surface area contributed by atoms with Crippen molar-refractivity contribution >= 4 is 0 Å². The Morgan fingerprint density at radius 3 is 2.24 bits per heavy atom. The van der Waals surface area contributed by atoms with Crippen LogP contribution in [0.1, 0.15) is 5.56 Å². The van der Waals surface area contributed by atoms with Gasteiger partial charge < -0.3 is 0 Å². The number of hydrogen-bond donors (Lipinski definition) is 0. The number of rotatable bonds is 3. The summed E-state index contributed by atoms with van der Waals surface area (Å²) in [5, 5.41) is 8.71. The Morgan fingerprint density at radius 2 is 1.48 bits per heavy atom. The third-order valence-corrected chi connectivity index (χ3v) is 3.79. The highest BCUT2D eigenvalue weighted by molar-refractivity contribution is 5.76. The molecular formula is C20H15N5. The van der Waals surface area contributed by atoms with Crippen LogP contribution in [0.15, 0.2) is 73.1 Å². The van der Waals surface area contributed by atoms with Crippen LogP contribution in [0.5, 0.6) is 0 Å². The van der Waals surface area contributed by atoms with Crippen LogP contribution in [0.25, 0.3) is 34.2 Å². The van der Waals surface area contributed by atoms with Crippen LogP contribution < -0.4 is 0 Å². The number of pyridine rings is 2. The van der Waals surface area contributed by atoms with Gasteiger partial charge in [-0.1, -0.05) is 36.4 Å². The molecule has 3 aromatic heterocycles. The first-order chi connectivity index (χ1) is 12.3. The lowest BCUT2D eigenvalue weighted by Crippen LogP contribution is -2.01. The normalized spacial score (nSPS) is 10.6. The quantitative estimate of drug-likeness (QED) is 0.570. The molecule has 0 aliphatic carbocycles. The first-order valence-corrected chi connectivity index (χ1v) is 7.96. The van der Waals surface area contributed by atoms with E-state index in [0.717, 1.165) is 22.5 Å². The van der Waals surface area contributed by atoms with Gasteiger partial charge in [-0.15, -0.1) is 10.2 Å². The summed E-state index contributed by atoms with van der Waals surface area (Å²) in [6.45, 7) is 2.01. The number of benzene rings is 1. The first-order valence-electron chi connectivity index (χ1n) is 7.96. The molecule has 0 spiro atoms. The molecule has 0 unspecified atom stereocenters. The Morgan fingerprint density at radius 1 is 0.680 bits per heavy atom. The second kappa shape index (κ2) is 6.57. The van der Waals surface area contributed by atoms with Crippen molar-refractivity contribution in [2.24, 2.45) is 0 Å². The second-order valence-electron chi connectivity index (χ2n) is 5.63. The summed E-state index contributed by atoms with van der Waals surface area (Å²) in [5.74, 6) is 0.502. The van der Waals surface area contributed by atoms with Crippen LogP contribution in [0.2, 0.25) is 0 Å². The molecule has 5 nitrogen and oxygen atoms in total. The topological polar surface area (TPSA) is 64.5 Å². The van der Waals surface area contributed by atoms with Crippen LogP contribution in [0.3, 0.4) is 0 Å². The maximum absolute atomic E-state index is 4.75. The van der Waals surface area contributed by atoms with Gasteiger partial charge in [0.2, 0.25) is 5.82 Å². The smallest absolute Gasteiger partial charge is 0.201 e. The van der Waals surface area contributed by atoms with E-state index in [1.807, 2.05) is 67.6 Å². The molecule has 120 valence electrons. The van der Waals surface area contributed by atoms with Gasteiger partial charge in [-0.2, -0.15) is 0 Å². The fraction of sp³-hybridized carbons (Fsp3) is 0.0500.